The summed E-state index contributed by atoms with van der Waals surface area (Å²) in [6.07, 6.45) is 3.87. The Kier molecular flexibility index (Phi) is 4.12. The lowest BCUT2D eigenvalue weighted by Gasteiger charge is -2.26. The number of hydrogen-bond acceptors (Lipinski definition) is 5. The Morgan fingerprint density at radius 1 is 1.35 bits per heavy atom. The van der Waals surface area contributed by atoms with Crippen LogP contribution in [0.25, 0.3) is 11.4 Å². The molecule has 4 heterocycles. The molecule has 1 aliphatic heterocycles. The van der Waals surface area contributed by atoms with Gasteiger partial charge in [0.1, 0.15) is 11.5 Å². The van der Waals surface area contributed by atoms with Gasteiger partial charge in [0.25, 0.3) is 5.91 Å². The van der Waals surface area contributed by atoms with Crippen LogP contribution in [0.4, 0.5) is 0 Å². The topological polar surface area (TPSA) is 88.9 Å². The molecule has 0 radical (unpaired) electrons. The number of aromatic amines is 1. The van der Waals surface area contributed by atoms with E-state index in [2.05, 4.69) is 20.1 Å². The zero-order valence-corrected chi connectivity index (χ0v) is 15.1. The Balaban J connectivity index is 1.57. The van der Waals surface area contributed by atoms with E-state index in [9.17, 15) is 4.79 Å². The summed E-state index contributed by atoms with van der Waals surface area (Å²) in [4.78, 5) is 26.7. The number of halogens is 1. The molecular weight excluding hydrogens is 356 g/mol. The van der Waals surface area contributed by atoms with E-state index in [4.69, 9.17) is 16.3 Å². The largest absolute Gasteiger partial charge is 0.481 e. The predicted octanol–water partition coefficient (Wildman–Crippen LogP) is 2.07. The van der Waals surface area contributed by atoms with E-state index in [1.54, 1.807) is 31.3 Å². The third-order valence-electron chi connectivity index (χ3n) is 4.43. The number of rotatable bonds is 3. The van der Waals surface area contributed by atoms with Gasteiger partial charge in [0.15, 0.2) is 0 Å². The molecule has 1 aliphatic rings. The van der Waals surface area contributed by atoms with Crippen LogP contribution in [-0.2, 0) is 20.0 Å². The zero-order chi connectivity index (χ0) is 18.3. The van der Waals surface area contributed by atoms with Crippen molar-refractivity contribution in [2.45, 2.75) is 13.0 Å². The van der Waals surface area contributed by atoms with Crippen molar-refractivity contribution in [1.29, 1.82) is 0 Å². The van der Waals surface area contributed by atoms with Crippen molar-refractivity contribution in [2.75, 3.05) is 13.7 Å². The minimum absolute atomic E-state index is 0.136. The summed E-state index contributed by atoms with van der Waals surface area (Å²) in [7, 11) is 3.28. The number of aromatic nitrogens is 5. The van der Waals surface area contributed by atoms with Crippen molar-refractivity contribution < 1.29 is 9.53 Å². The lowest BCUT2D eigenvalue weighted by Crippen LogP contribution is -2.37. The second-order valence-electron chi connectivity index (χ2n) is 6.04. The fourth-order valence-corrected chi connectivity index (χ4v) is 3.29. The van der Waals surface area contributed by atoms with Gasteiger partial charge in [0.05, 0.1) is 36.3 Å². The molecule has 0 unspecified atom stereocenters. The maximum atomic E-state index is 12.8. The second kappa shape index (κ2) is 6.45. The summed E-state index contributed by atoms with van der Waals surface area (Å²) >= 11 is 6.10. The average molecular weight is 373 g/mol. The molecule has 0 aromatic carbocycles. The molecule has 0 saturated heterocycles. The summed E-state index contributed by atoms with van der Waals surface area (Å²) in [5, 5.41) is 4.39. The normalized spacial score (nSPS) is 13.6. The van der Waals surface area contributed by atoms with Gasteiger partial charge in [0, 0.05) is 37.8 Å². The van der Waals surface area contributed by atoms with Crippen LogP contribution in [0.2, 0.25) is 5.02 Å². The number of aryl methyl sites for hydroxylation is 1. The Bertz CT molecular complexity index is 943. The summed E-state index contributed by atoms with van der Waals surface area (Å²) < 4.78 is 6.58. The number of carbonyl (C=O) groups is 1. The summed E-state index contributed by atoms with van der Waals surface area (Å²) in [6, 6.07) is 3.69. The van der Waals surface area contributed by atoms with E-state index in [-0.39, 0.29) is 5.91 Å². The second-order valence-corrected chi connectivity index (χ2v) is 6.45. The number of amides is 1. The number of carbonyl (C=O) groups excluding carboxylic acids is 1. The van der Waals surface area contributed by atoms with E-state index in [0.29, 0.717) is 36.1 Å². The molecule has 0 spiro atoms. The SMILES string of the molecule is COc1ccc(-c2nc3c([nH]2)CN(C(=O)c2c(Cl)cnn2C)CC3)cn1. The Hall–Kier alpha value is -2.87. The first kappa shape index (κ1) is 16.6. The van der Waals surface area contributed by atoms with Crippen molar-refractivity contribution in [1.82, 2.24) is 29.6 Å². The molecule has 0 atom stereocenters. The molecule has 0 saturated carbocycles. The fraction of sp³-hybridized carbons (Fsp3) is 0.294. The minimum atomic E-state index is -0.136. The van der Waals surface area contributed by atoms with Crippen LogP contribution < -0.4 is 4.74 Å². The molecule has 26 heavy (non-hydrogen) atoms. The number of hydrogen-bond donors (Lipinski definition) is 1. The summed E-state index contributed by atoms with van der Waals surface area (Å²) in [6.45, 7) is 1.03. The van der Waals surface area contributed by atoms with Crippen molar-refractivity contribution in [3.63, 3.8) is 0 Å². The molecule has 3 aromatic rings. The molecule has 134 valence electrons. The molecule has 0 bridgehead atoms. The maximum absolute atomic E-state index is 12.8. The number of nitrogens with one attached hydrogen (secondary N) is 1. The molecule has 3 aromatic heterocycles. The van der Waals surface area contributed by atoms with E-state index in [0.717, 1.165) is 22.8 Å². The fourth-order valence-electron chi connectivity index (χ4n) is 3.05. The van der Waals surface area contributed by atoms with Gasteiger partial charge < -0.3 is 14.6 Å². The van der Waals surface area contributed by atoms with E-state index in [1.165, 1.54) is 10.9 Å². The van der Waals surface area contributed by atoms with E-state index in [1.807, 2.05) is 6.07 Å². The smallest absolute Gasteiger partial charge is 0.274 e. The van der Waals surface area contributed by atoms with Gasteiger partial charge in [-0.2, -0.15) is 5.10 Å². The highest BCUT2D eigenvalue weighted by atomic mass is 35.5. The van der Waals surface area contributed by atoms with Crippen molar-refractivity contribution in [3.8, 4) is 17.3 Å². The number of fused-ring (bicyclic) bond motifs is 1. The van der Waals surface area contributed by atoms with Crippen molar-refractivity contribution >= 4 is 17.5 Å². The van der Waals surface area contributed by atoms with Gasteiger partial charge in [-0.3, -0.25) is 9.48 Å². The molecule has 9 heteroatoms. The zero-order valence-electron chi connectivity index (χ0n) is 14.4. The number of imidazole rings is 1. The van der Waals surface area contributed by atoms with Crippen LogP contribution >= 0.6 is 11.6 Å². The first-order valence-corrected chi connectivity index (χ1v) is 8.49. The number of ether oxygens (including phenoxy) is 1. The summed E-state index contributed by atoms with van der Waals surface area (Å²) in [5.74, 6) is 1.15. The Labute approximate surface area is 154 Å². The Morgan fingerprint density at radius 3 is 2.85 bits per heavy atom. The molecule has 0 aliphatic carbocycles. The van der Waals surface area contributed by atoms with Gasteiger partial charge in [-0.1, -0.05) is 11.6 Å². The number of H-pyrrole nitrogens is 1. The van der Waals surface area contributed by atoms with Gasteiger partial charge in [-0.25, -0.2) is 9.97 Å². The molecule has 4 rings (SSSR count). The van der Waals surface area contributed by atoms with Gasteiger partial charge in [-0.05, 0) is 6.07 Å². The monoisotopic (exact) mass is 372 g/mol. The van der Waals surface area contributed by atoms with Crippen LogP contribution in [0.5, 0.6) is 5.88 Å². The van der Waals surface area contributed by atoms with E-state index >= 15 is 0 Å². The molecule has 8 nitrogen and oxygen atoms in total. The number of nitrogens with zero attached hydrogens (tertiary/aromatic N) is 5. The quantitative estimate of drug-likeness (QED) is 0.760. The lowest BCUT2D eigenvalue weighted by atomic mass is 10.1. The molecule has 1 N–H and O–H groups in total. The predicted molar refractivity (Wildman–Crippen MR) is 95.0 cm³/mol. The number of methoxy groups -OCH3 is 1. The van der Waals surface area contributed by atoms with Crippen LogP contribution in [0, 0.1) is 0 Å². The van der Waals surface area contributed by atoms with Gasteiger partial charge in [0.2, 0.25) is 5.88 Å². The first-order valence-electron chi connectivity index (χ1n) is 8.11. The highest BCUT2D eigenvalue weighted by Gasteiger charge is 2.28. The first-order chi connectivity index (χ1) is 12.6. The highest BCUT2D eigenvalue weighted by Crippen LogP contribution is 2.25. The third kappa shape index (κ3) is 2.82. The lowest BCUT2D eigenvalue weighted by molar-refractivity contribution is 0.0721. The Morgan fingerprint density at radius 2 is 2.19 bits per heavy atom. The van der Waals surface area contributed by atoms with Crippen LogP contribution in [0.1, 0.15) is 21.9 Å². The van der Waals surface area contributed by atoms with Crippen molar-refractivity contribution in [3.05, 3.63) is 46.6 Å². The van der Waals surface area contributed by atoms with Gasteiger partial charge in [-0.15, -0.1) is 0 Å². The third-order valence-corrected chi connectivity index (χ3v) is 4.71. The van der Waals surface area contributed by atoms with Crippen LogP contribution in [0.15, 0.2) is 24.5 Å². The highest BCUT2D eigenvalue weighted by molar-refractivity contribution is 6.33. The maximum Gasteiger partial charge on any atom is 0.274 e. The van der Waals surface area contributed by atoms with E-state index < -0.39 is 0 Å². The summed E-state index contributed by atoms with van der Waals surface area (Å²) in [5.41, 5.74) is 3.16. The number of pyridine rings is 1. The van der Waals surface area contributed by atoms with Crippen molar-refractivity contribution in [2.24, 2.45) is 7.05 Å². The minimum Gasteiger partial charge on any atom is -0.481 e. The standard InChI is InChI=1S/C17H17ClN6O2/c1-23-15(11(18)8-20-23)17(25)24-6-5-12-13(9-24)22-16(21-12)10-3-4-14(26-2)19-7-10/h3-4,7-8H,5-6,9H2,1-2H3,(H,21,22). The van der Waals surface area contributed by atoms with Crippen LogP contribution in [-0.4, -0.2) is 49.2 Å². The average Bonchev–Trinajstić information content (AvgIpc) is 3.23. The molecular formula is C17H17ClN6O2. The molecule has 1 amide bonds. The molecule has 0 fully saturated rings. The van der Waals surface area contributed by atoms with Crippen LogP contribution in [0.3, 0.4) is 0 Å². The van der Waals surface area contributed by atoms with Gasteiger partial charge >= 0.3 is 0 Å².